The molecule has 5 heterocycles. The number of fused-ring (bicyclic) bond motifs is 1. The van der Waals surface area contributed by atoms with Gasteiger partial charge in [0.25, 0.3) is 0 Å². The highest BCUT2D eigenvalue weighted by Crippen LogP contribution is 2.40. The summed E-state index contributed by atoms with van der Waals surface area (Å²) in [5.41, 5.74) is 3.31. The fourth-order valence-corrected chi connectivity index (χ4v) is 4.39. The van der Waals surface area contributed by atoms with Gasteiger partial charge in [0.2, 0.25) is 5.88 Å². The standard InChI is InChI=1S/C22H23F2N7O2/c1-32-7-5-17-19(27-12-26-17)15-10-28-31-11-16(24)21(29-20(15)31)30-6-3-4-18(30)14-8-13(23)9-25-22(14)33-2/h8-12,18H,3-7H2,1-2H3,(H,26,27)/t18-/m1/s1. The average molecular weight is 455 g/mol. The molecule has 4 aromatic heterocycles. The van der Waals surface area contributed by atoms with Crippen LogP contribution < -0.4 is 9.64 Å². The molecule has 0 aliphatic carbocycles. The van der Waals surface area contributed by atoms with Gasteiger partial charge in [0.05, 0.1) is 55.9 Å². The van der Waals surface area contributed by atoms with Crippen LogP contribution in [0.4, 0.5) is 14.6 Å². The maximum absolute atomic E-state index is 15.2. The number of rotatable bonds is 7. The Labute approximate surface area is 188 Å². The summed E-state index contributed by atoms with van der Waals surface area (Å²) in [4.78, 5) is 18.1. The molecule has 1 aliphatic rings. The number of hydrogen-bond acceptors (Lipinski definition) is 7. The molecule has 1 N–H and O–H groups in total. The molecule has 1 aliphatic heterocycles. The molecule has 5 rings (SSSR count). The lowest BCUT2D eigenvalue weighted by Gasteiger charge is -2.27. The number of anilines is 1. The van der Waals surface area contributed by atoms with Crippen LogP contribution in [0.1, 0.15) is 30.1 Å². The molecule has 0 spiro atoms. The Hall–Kier alpha value is -3.60. The van der Waals surface area contributed by atoms with Crippen molar-refractivity contribution in [3.63, 3.8) is 0 Å². The van der Waals surface area contributed by atoms with Crippen molar-refractivity contribution in [2.24, 2.45) is 0 Å². The van der Waals surface area contributed by atoms with Crippen LogP contribution in [0.3, 0.4) is 0 Å². The Morgan fingerprint density at radius 1 is 1.21 bits per heavy atom. The highest BCUT2D eigenvalue weighted by atomic mass is 19.1. The summed E-state index contributed by atoms with van der Waals surface area (Å²) in [5, 5.41) is 4.27. The third-order valence-corrected chi connectivity index (χ3v) is 5.88. The third-order valence-electron chi connectivity index (χ3n) is 5.88. The lowest BCUT2D eigenvalue weighted by atomic mass is 10.1. The molecule has 0 unspecified atom stereocenters. The minimum atomic E-state index is -0.519. The van der Waals surface area contributed by atoms with E-state index in [1.54, 1.807) is 19.6 Å². The van der Waals surface area contributed by atoms with E-state index in [-0.39, 0.29) is 11.9 Å². The van der Waals surface area contributed by atoms with E-state index < -0.39 is 11.6 Å². The van der Waals surface area contributed by atoms with Crippen LogP contribution >= 0.6 is 0 Å². The molecule has 1 fully saturated rings. The topological polar surface area (TPSA) is 93.5 Å². The van der Waals surface area contributed by atoms with Gasteiger partial charge in [-0.2, -0.15) is 5.10 Å². The minimum Gasteiger partial charge on any atom is -0.481 e. The minimum absolute atomic E-state index is 0.173. The van der Waals surface area contributed by atoms with E-state index in [0.29, 0.717) is 54.3 Å². The number of hydrogen-bond donors (Lipinski definition) is 1. The van der Waals surface area contributed by atoms with Gasteiger partial charge in [0, 0.05) is 31.3 Å². The third kappa shape index (κ3) is 3.78. The Bertz CT molecular complexity index is 1290. The first-order valence-corrected chi connectivity index (χ1v) is 10.6. The molecule has 33 heavy (non-hydrogen) atoms. The Balaban J connectivity index is 1.58. The molecule has 0 aromatic carbocycles. The molecule has 0 saturated carbocycles. The lowest BCUT2D eigenvalue weighted by Crippen LogP contribution is -2.26. The average Bonchev–Trinajstić information content (AvgIpc) is 3.56. The summed E-state index contributed by atoms with van der Waals surface area (Å²) >= 11 is 0. The van der Waals surface area contributed by atoms with Crippen molar-refractivity contribution in [2.75, 3.05) is 32.3 Å². The van der Waals surface area contributed by atoms with Gasteiger partial charge in [-0.25, -0.2) is 28.2 Å². The first-order valence-electron chi connectivity index (χ1n) is 10.6. The smallest absolute Gasteiger partial charge is 0.218 e. The summed E-state index contributed by atoms with van der Waals surface area (Å²) in [6.45, 7) is 1.09. The molecular weight excluding hydrogens is 432 g/mol. The van der Waals surface area contributed by atoms with Crippen LogP contribution in [0.2, 0.25) is 0 Å². The van der Waals surface area contributed by atoms with Gasteiger partial charge in [-0.15, -0.1) is 0 Å². The number of halogens is 2. The molecule has 0 amide bonds. The van der Waals surface area contributed by atoms with Crippen LogP contribution in [-0.2, 0) is 11.2 Å². The van der Waals surface area contributed by atoms with Gasteiger partial charge >= 0.3 is 0 Å². The van der Waals surface area contributed by atoms with E-state index in [1.165, 1.54) is 23.9 Å². The molecule has 11 heteroatoms. The van der Waals surface area contributed by atoms with Gasteiger partial charge in [0.15, 0.2) is 17.3 Å². The lowest BCUT2D eigenvalue weighted by molar-refractivity contribution is 0.201. The van der Waals surface area contributed by atoms with Crippen molar-refractivity contribution in [1.29, 1.82) is 0 Å². The van der Waals surface area contributed by atoms with Crippen molar-refractivity contribution < 1.29 is 18.3 Å². The zero-order valence-electron chi connectivity index (χ0n) is 18.3. The van der Waals surface area contributed by atoms with E-state index in [2.05, 4.69) is 25.0 Å². The van der Waals surface area contributed by atoms with Crippen LogP contribution in [0.5, 0.6) is 5.88 Å². The second-order valence-corrected chi connectivity index (χ2v) is 7.81. The van der Waals surface area contributed by atoms with Crippen LogP contribution in [-0.4, -0.2) is 56.9 Å². The number of H-pyrrole nitrogens is 1. The monoisotopic (exact) mass is 455 g/mol. The first kappa shape index (κ1) is 21.3. The van der Waals surface area contributed by atoms with Crippen LogP contribution in [0, 0.1) is 11.6 Å². The molecule has 4 aromatic rings. The number of nitrogens with zero attached hydrogens (tertiary/aromatic N) is 6. The van der Waals surface area contributed by atoms with Crippen LogP contribution in [0.25, 0.3) is 16.9 Å². The molecule has 9 nitrogen and oxygen atoms in total. The van der Waals surface area contributed by atoms with Crippen molar-refractivity contribution in [2.45, 2.75) is 25.3 Å². The predicted molar refractivity (Wildman–Crippen MR) is 116 cm³/mol. The quantitative estimate of drug-likeness (QED) is 0.457. The van der Waals surface area contributed by atoms with Crippen LogP contribution in [0.15, 0.2) is 31.0 Å². The van der Waals surface area contributed by atoms with Gasteiger partial charge in [0.1, 0.15) is 5.82 Å². The summed E-state index contributed by atoms with van der Waals surface area (Å²) in [6.07, 6.45) is 7.77. The fourth-order valence-electron chi connectivity index (χ4n) is 4.39. The van der Waals surface area contributed by atoms with E-state index in [9.17, 15) is 4.39 Å². The Morgan fingerprint density at radius 2 is 2.09 bits per heavy atom. The van der Waals surface area contributed by atoms with Crippen molar-refractivity contribution in [1.82, 2.24) is 29.5 Å². The Morgan fingerprint density at radius 3 is 2.91 bits per heavy atom. The molecule has 0 radical (unpaired) electrons. The molecular formula is C22H23F2N7O2. The van der Waals surface area contributed by atoms with Gasteiger partial charge in [-0.05, 0) is 18.9 Å². The number of pyridine rings is 1. The zero-order valence-corrected chi connectivity index (χ0v) is 18.3. The van der Waals surface area contributed by atoms with Gasteiger partial charge < -0.3 is 19.4 Å². The maximum atomic E-state index is 15.2. The Kier molecular flexibility index (Phi) is 5.63. The number of aromatic nitrogens is 6. The SMILES string of the molecule is COCCc1[nH]cnc1-c1cnn2cc(F)c(N3CCC[C@@H]3c3cc(F)cnc3OC)nc12. The predicted octanol–water partition coefficient (Wildman–Crippen LogP) is 3.33. The van der Waals surface area contributed by atoms with E-state index in [0.717, 1.165) is 18.3 Å². The van der Waals surface area contributed by atoms with Crippen molar-refractivity contribution in [3.8, 4) is 17.1 Å². The summed E-state index contributed by atoms with van der Waals surface area (Å²) in [7, 11) is 3.12. The van der Waals surface area contributed by atoms with Gasteiger partial charge in [-0.1, -0.05) is 0 Å². The van der Waals surface area contributed by atoms with E-state index in [4.69, 9.17) is 9.47 Å². The highest BCUT2D eigenvalue weighted by Gasteiger charge is 2.33. The number of imidazole rings is 1. The summed E-state index contributed by atoms with van der Waals surface area (Å²) in [6, 6.07) is 1.07. The van der Waals surface area contributed by atoms with Crippen molar-refractivity contribution >= 4 is 11.5 Å². The fraction of sp³-hybridized carbons (Fsp3) is 0.364. The number of nitrogens with one attached hydrogen (secondary N) is 1. The second kappa shape index (κ2) is 8.74. The second-order valence-electron chi connectivity index (χ2n) is 7.81. The molecule has 172 valence electrons. The first-order chi connectivity index (χ1) is 16.1. The highest BCUT2D eigenvalue weighted by molar-refractivity contribution is 5.77. The normalized spacial score (nSPS) is 16.1. The summed E-state index contributed by atoms with van der Waals surface area (Å²) in [5.74, 6) is -0.498. The number of methoxy groups -OCH3 is 2. The summed E-state index contributed by atoms with van der Waals surface area (Å²) < 4.78 is 41.1. The molecule has 0 bridgehead atoms. The maximum Gasteiger partial charge on any atom is 0.218 e. The van der Waals surface area contributed by atoms with Gasteiger partial charge in [-0.3, -0.25) is 0 Å². The molecule has 1 saturated heterocycles. The largest absolute Gasteiger partial charge is 0.481 e. The number of ether oxygens (including phenoxy) is 2. The number of aromatic amines is 1. The van der Waals surface area contributed by atoms with Crippen molar-refractivity contribution in [3.05, 3.63) is 53.9 Å². The van der Waals surface area contributed by atoms with E-state index in [1.807, 2.05) is 4.90 Å². The zero-order chi connectivity index (χ0) is 22.9. The molecule has 1 atom stereocenters. The van der Waals surface area contributed by atoms with E-state index >= 15 is 4.39 Å².